The predicted molar refractivity (Wildman–Crippen MR) is 67.0 cm³/mol. The molecular formula is C11H16ClNO6. The van der Waals surface area contributed by atoms with E-state index < -0.39 is 41.5 Å². The number of alkyl halides is 1. The maximum atomic E-state index is 11.3. The first-order chi connectivity index (χ1) is 8.71. The number of carbonyl (C=O) groups is 3. The van der Waals surface area contributed by atoms with Crippen molar-refractivity contribution in [1.29, 1.82) is 0 Å². The molecule has 108 valence electrons. The van der Waals surface area contributed by atoms with Gasteiger partial charge in [0.2, 0.25) is 18.1 Å². The summed E-state index contributed by atoms with van der Waals surface area (Å²) in [5.74, 6) is -2.89. The minimum Gasteiger partial charge on any atom is -0.464 e. The van der Waals surface area contributed by atoms with E-state index in [4.69, 9.17) is 16.3 Å². The first kappa shape index (κ1) is 17.4. The van der Waals surface area contributed by atoms with Crippen LogP contribution in [0.2, 0.25) is 0 Å². The van der Waals surface area contributed by atoms with Gasteiger partial charge in [0, 0.05) is 0 Å². The molecule has 0 aromatic carbocycles. The minimum absolute atomic E-state index is 0.455. The summed E-state index contributed by atoms with van der Waals surface area (Å²) in [5.41, 5.74) is -1.28. The number of hydrogen-bond acceptors (Lipinski definition) is 7. The maximum absolute atomic E-state index is 11.3. The Morgan fingerprint density at radius 2 is 1.79 bits per heavy atom. The molecule has 0 aromatic heterocycles. The Labute approximate surface area is 115 Å². The van der Waals surface area contributed by atoms with Gasteiger partial charge in [0.15, 0.2) is 0 Å². The Kier molecular flexibility index (Phi) is 7.06. The molecule has 0 amide bonds. The second kappa shape index (κ2) is 7.73. The first-order valence-corrected chi connectivity index (χ1v) is 5.84. The summed E-state index contributed by atoms with van der Waals surface area (Å²) in [6, 6.07) is 0. The molecule has 0 radical (unpaired) electrons. The number of ether oxygens (including phenoxy) is 2. The summed E-state index contributed by atoms with van der Waals surface area (Å²) in [7, 11) is 1.08. The van der Waals surface area contributed by atoms with Crippen LogP contribution >= 0.6 is 11.6 Å². The molecule has 0 N–H and O–H groups in total. The molecule has 0 fully saturated rings. The Hall–Kier alpha value is -1.63. The van der Waals surface area contributed by atoms with Gasteiger partial charge in [0.1, 0.15) is 5.60 Å². The van der Waals surface area contributed by atoms with Gasteiger partial charge in [-0.1, -0.05) is 5.16 Å². The van der Waals surface area contributed by atoms with Crippen molar-refractivity contribution in [2.45, 2.75) is 26.4 Å². The number of oxime groups is 1. The Balaban J connectivity index is 4.53. The summed E-state index contributed by atoms with van der Waals surface area (Å²) >= 11 is 5.29. The van der Waals surface area contributed by atoms with Gasteiger partial charge in [-0.3, -0.25) is 4.79 Å². The largest absolute Gasteiger partial charge is 0.464 e. The van der Waals surface area contributed by atoms with E-state index in [1.807, 2.05) is 0 Å². The minimum atomic E-state index is -0.991. The monoisotopic (exact) mass is 293 g/mol. The number of esters is 2. The molecule has 0 unspecified atom stereocenters. The van der Waals surface area contributed by atoms with Crippen molar-refractivity contribution < 1.29 is 28.7 Å². The van der Waals surface area contributed by atoms with E-state index in [2.05, 4.69) is 14.7 Å². The molecular weight excluding hydrogens is 278 g/mol. The normalized spacial score (nSPS) is 11.7. The van der Waals surface area contributed by atoms with E-state index in [0.717, 1.165) is 7.11 Å². The molecule has 19 heavy (non-hydrogen) atoms. The Morgan fingerprint density at radius 1 is 1.21 bits per heavy atom. The van der Waals surface area contributed by atoms with Crippen molar-refractivity contribution in [2.24, 2.45) is 5.16 Å². The van der Waals surface area contributed by atoms with Gasteiger partial charge in [-0.05, 0) is 20.8 Å². The quantitative estimate of drug-likeness (QED) is 0.235. The average molecular weight is 294 g/mol. The smallest absolute Gasteiger partial charge is 0.363 e. The molecule has 0 saturated carbocycles. The summed E-state index contributed by atoms with van der Waals surface area (Å²) in [4.78, 5) is 38.3. The topological polar surface area (TPSA) is 91.3 Å². The zero-order valence-corrected chi connectivity index (χ0v) is 11.9. The molecule has 0 atom stereocenters. The van der Waals surface area contributed by atoms with Gasteiger partial charge in [-0.15, -0.1) is 11.6 Å². The number of carbonyl (C=O) groups excluding carboxylic acids is 3. The zero-order chi connectivity index (χ0) is 15.1. The molecule has 0 aliphatic rings. The fourth-order valence-electron chi connectivity index (χ4n) is 0.882. The molecule has 0 rings (SSSR count). The van der Waals surface area contributed by atoms with Gasteiger partial charge < -0.3 is 14.3 Å². The Bertz CT molecular complexity index is 367. The molecule has 0 heterocycles. The number of hydrogen-bond donors (Lipinski definition) is 0. The fraction of sp³-hybridized carbons (Fsp3) is 0.636. The highest BCUT2D eigenvalue weighted by Gasteiger charge is 2.22. The Morgan fingerprint density at radius 3 is 2.21 bits per heavy atom. The van der Waals surface area contributed by atoms with Crippen LogP contribution in [0.4, 0.5) is 0 Å². The van der Waals surface area contributed by atoms with Crippen molar-refractivity contribution in [2.75, 3.05) is 19.6 Å². The number of Topliss-reactive ketones (excluding diaryl/α,β-unsaturated/α-hetero) is 1. The van der Waals surface area contributed by atoms with Gasteiger partial charge in [0.25, 0.3) is 0 Å². The molecule has 0 aromatic rings. The van der Waals surface area contributed by atoms with Crippen LogP contribution in [0.15, 0.2) is 5.16 Å². The second-order valence-electron chi connectivity index (χ2n) is 4.35. The van der Waals surface area contributed by atoms with Crippen LogP contribution in [0.1, 0.15) is 20.8 Å². The van der Waals surface area contributed by atoms with Gasteiger partial charge in [-0.2, -0.15) is 0 Å². The van der Waals surface area contributed by atoms with E-state index >= 15 is 0 Å². The van der Waals surface area contributed by atoms with Crippen molar-refractivity contribution in [1.82, 2.24) is 0 Å². The number of ketones is 1. The molecule has 0 saturated heterocycles. The van der Waals surface area contributed by atoms with E-state index in [1.165, 1.54) is 0 Å². The van der Waals surface area contributed by atoms with Crippen LogP contribution in [0.5, 0.6) is 0 Å². The number of halogens is 1. The highest BCUT2D eigenvalue weighted by Crippen LogP contribution is 2.06. The third-order valence-electron chi connectivity index (χ3n) is 1.52. The molecule has 0 spiro atoms. The molecule has 7 nitrogen and oxygen atoms in total. The number of methoxy groups -OCH3 is 1. The lowest BCUT2D eigenvalue weighted by Crippen LogP contribution is -2.28. The summed E-state index contributed by atoms with van der Waals surface area (Å²) in [6.07, 6.45) is 0. The number of nitrogens with zero attached hydrogens (tertiary/aromatic N) is 1. The van der Waals surface area contributed by atoms with E-state index in [9.17, 15) is 14.4 Å². The van der Waals surface area contributed by atoms with E-state index in [-0.39, 0.29) is 0 Å². The average Bonchev–Trinajstić information content (AvgIpc) is 2.30. The SMILES string of the molecule is COC(=O)C(=NOCC(=O)OC(C)(C)C)C(=O)CCl. The lowest BCUT2D eigenvalue weighted by molar-refractivity contribution is -0.160. The van der Waals surface area contributed by atoms with E-state index in [0.29, 0.717) is 0 Å². The van der Waals surface area contributed by atoms with Crippen LogP contribution < -0.4 is 0 Å². The number of rotatable bonds is 6. The fourth-order valence-corrected chi connectivity index (χ4v) is 1.01. The van der Waals surface area contributed by atoms with E-state index in [1.54, 1.807) is 20.8 Å². The van der Waals surface area contributed by atoms with Crippen LogP contribution in [-0.2, 0) is 28.7 Å². The standard InChI is InChI=1S/C11H16ClNO6/c1-11(2,3)19-8(15)6-18-13-9(7(14)5-12)10(16)17-4/h5-6H2,1-4H3. The summed E-state index contributed by atoms with van der Waals surface area (Å²) in [6.45, 7) is 4.52. The highest BCUT2D eigenvalue weighted by molar-refractivity contribution is 6.67. The van der Waals surface area contributed by atoms with Crippen molar-refractivity contribution >= 4 is 35.0 Å². The third kappa shape index (κ3) is 7.40. The van der Waals surface area contributed by atoms with Gasteiger partial charge in [-0.25, -0.2) is 9.59 Å². The second-order valence-corrected chi connectivity index (χ2v) is 4.62. The maximum Gasteiger partial charge on any atom is 0.363 e. The first-order valence-electron chi connectivity index (χ1n) is 5.30. The van der Waals surface area contributed by atoms with Crippen molar-refractivity contribution in [3.8, 4) is 0 Å². The van der Waals surface area contributed by atoms with Crippen LogP contribution in [0, 0.1) is 0 Å². The molecule has 0 aliphatic carbocycles. The van der Waals surface area contributed by atoms with Crippen LogP contribution in [0.3, 0.4) is 0 Å². The summed E-state index contributed by atoms with van der Waals surface area (Å²) in [5, 5.41) is 3.24. The third-order valence-corrected chi connectivity index (χ3v) is 1.77. The lowest BCUT2D eigenvalue weighted by atomic mass is 10.2. The van der Waals surface area contributed by atoms with Gasteiger partial charge in [0.05, 0.1) is 13.0 Å². The van der Waals surface area contributed by atoms with Crippen LogP contribution in [0.25, 0.3) is 0 Å². The van der Waals surface area contributed by atoms with Crippen LogP contribution in [-0.4, -0.2) is 48.6 Å². The van der Waals surface area contributed by atoms with Crippen molar-refractivity contribution in [3.05, 3.63) is 0 Å². The van der Waals surface area contributed by atoms with Gasteiger partial charge >= 0.3 is 11.9 Å². The van der Waals surface area contributed by atoms with Crippen molar-refractivity contribution in [3.63, 3.8) is 0 Å². The zero-order valence-electron chi connectivity index (χ0n) is 11.2. The molecule has 0 aliphatic heterocycles. The lowest BCUT2D eigenvalue weighted by Gasteiger charge is -2.18. The molecule has 8 heteroatoms. The summed E-state index contributed by atoms with van der Waals surface area (Å²) < 4.78 is 9.26. The predicted octanol–water partition coefficient (Wildman–Crippen LogP) is 0.682. The highest BCUT2D eigenvalue weighted by atomic mass is 35.5. The molecule has 0 bridgehead atoms.